The first-order valence-electron chi connectivity index (χ1n) is 11.3. The van der Waals surface area contributed by atoms with Gasteiger partial charge in [-0.2, -0.15) is 18.2 Å². The molecule has 0 aliphatic heterocycles. The van der Waals surface area contributed by atoms with Crippen LogP contribution in [0.1, 0.15) is 60.3 Å². The van der Waals surface area contributed by atoms with Crippen LogP contribution in [0, 0.1) is 17.0 Å². The molecule has 6 rings (SSSR count). The number of carbonyl (C=O) groups excluding carboxylic acids is 1. The second-order valence-corrected chi connectivity index (χ2v) is 9.60. The van der Waals surface area contributed by atoms with Gasteiger partial charge in [0.15, 0.2) is 23.2 Å². The van der Waals surface area contributed by atoms with E-state index < -0.39 is 35.0 Å². The van der Waals surface area contributed by atoms with Gasteiger partial charge in [-0.25, -0.2) is 8.78 Å². The minimum absolute atomic E-state index is 0. The number of nitrogens with zero attached hydrogens (tertiary/aromatic N) is 3. The molecule has 5 N–H and O–H groups in total. The second kappa shape index (κ2) is 9.36. The monoisotopic (exact) mass is 525 g/mol. The van der Waals surface area contributed by atoms with Crippen molar-refractivity contribution in [3.8, 4) is 17.3 Å². The van der Waals surface area contributed by atoms with Crippen LogP contribution in [0.25, 0.3) is 11.6 Å². The predicted molar refractivity (Wildman–Crippen MR) is 120 cm³/mol. The SMILES string of the molecule is N.O=C(NCC12CCC(c3noc(-c4ccc(C(F)(F)F)cn4)n3)(CC1)CC2)c1cc(F)c(O)c(F)c1. The molecule has 3 aromatic rings. The lowest BCUT2D eigenvalue weighted by Crippen LogP contribution is -2.49. The summed E-state index contributed by atoms with van der Waals surface area (Å²) in [4.78, 5) is 20.7. The summed E-state index contributed by atoms with van der Waals surface area (Å²) in [6.45, 7) is 0.332. The largest absolute Gasteiger partial charge is 0.503 e. The number of pyridine rings is 1. The lowest BCUT2D eigenvalue weighted by atomic mass is 9.53. The van der Waals surface area contributed by atoms with Crippen LogP contribution in [-0.2, 0) is 11.6 Å². The molecule has 0 spiro atoms. The van der Waals surface area contributed by atoms with Gasteiger partial charge in [0.05, 0.1) is 5.56 Å². The van der Waals surface area contributed by atoms with E-state index in [1.165, 1.54) is 6.07 Å². The summed E-state index contributed by atoms with van der Waals surface area (Å²) < 4.78 is 70.8. The molecular formula is C24H24F5N5O3. The van der Waals surface area contributed by atoms with Crippen molar-refractivity contribution in [3.63, 3.8) is 0 Å². The number of amides is 1. The smallest absolute Gasteiger partial charge is 0.417 e. The fourth-order valence-electron chi connectivity index (χ4n) is 5.16. The Morgan fingerprint density at radius 3 is 2.22 bits per heavy atom. The average Bonchev–Trinajstić information content (AvgIpc) is 3.38. The lowest BCUT2D eigenvalue weighted by molar-refractivity contribution is -0.137. The second-order valence-electron chi connectivity index (χ2n) is 9.60. The van der Waals surface area contributed by atoms with Crippen molar-refractivity contribution < 1.29 is 36.4 Å². The van der Waals surface area contributed by atoms with Crippen LogP contribution in [0.4, 0.5) is 22.0 Å². The highest BCUT2D eigenvalue weighted by Gasteiger charge is 2.51. The third-order valence-electron chi connectivity index (χ3n) is 7.51. The molecule has 1 amide bonds. The van der Waals surface area contributed by atoms with Gasteiger partial charge in [0.1, 0.15) is 5.69 Å². The van der Waals surface area contributed by atoms with Crippen LogP contribution in [0.5, 0.6) is 5.75 Å². The molecule has 8 nitrogen and oxygen atoms in total. The number of phenols is 1. The highest BCUT2D eigenvalue weighted by Crippen LogP contribution is 2.57. The molecule has 2 bridgehead atoms. The quantitative estimate of drug-likeness (QED) is 0.384. The Kier molecular flexibility index (Phi) is 6.69. The van der Waals surface area contributed by atoms with Crippen molar-refractivity contribution >= 4 is 5.91 Å². The first kappa shape index (κ1) is 26.5. The minimum Gasteiger partial charge on any atom is -0.503 e. The molecule has 0 atom stereocenters. The third kappa shape index (κ3) is 4.87. The Morgan fingerprint density at radius 1 is 1.05 bits per heavy atom. The van der Waals surface area contributed by atoms with Crippen LogP contribution < -0.4 is 11.5 Å². The van der Waals surface area contributed by atoms with Gasteiger partial charge in [0.2, 0.25) is 0 Å². The Morgan fingerprint density at radius 2 is 1.68 bits per heavy atom. The molecule has 198 valence electrons. The molecular weight excluding hydrogens is 501 g/mol. The molecule has 13 heteroatoms. The van der Waals surface area contributed by atoms with Crippen LogP contribution >= 0.6 is 0 Å². The summed E-state index contributed by atoms with van der Waals surface area (Å²) in [7, 11) is 0. The van der Waals surface area contributed by atoms with E-state index in [-0.39, 0.29) is 34.1 Å². The Labute approximate surface area is 207 Å². The van der Waals surface area contributed by atoms with Crippen molar-refractivity contribution in [1.82, 2.24) is 26.6 Å². The number of alkyl halides is 3. The van der Waals surface area contributed by atoms with E-state index in [4.69, 9.17) is 4.52 Å². The van der Waals surface area contributed by atoms with E-state index in [9.17, 15) is 31.9 Å². The van der Waals surface area contributed by atoms with E-state index in [1.807, 2.05) is 0 Å². The molecule has 2 aromatic heterocycles. The van der Waals surface area contributed by atoms with Crippen LogP contribution in [0.15, 0.2) is 35.0 Å². The number of phenolic OH excluding ortho intramolecular Hbond substituents is 1. The van der Waals surface area contributed by atoms with Gasteiger partial charge >= 0.3 is 6.18 Å². The zero-order chi connectivity index (χ0) is 25.7. The minimum atomic E-state index is -4.49. The van der Waals surface area contributed by atoms with Gasteiger partial charge < -0.3 is 21.1 Å². The molecule has 3 saturated carbocycles. The number of carbonyl (C=O) groups is 1. The zero-order valence-corrected chi connectivity index (χ0v) is 19.5. The highest BCUT2D eigenvalue weighted by atomic mass is 19.4. The Bertz CT molecular complexity index is 1260. The standard InChI is InChI=1S/C24H21F5N4O3.H3N/c25-15-9-13(10-16(26)18(15)34)19(35)31-12-22-3-6-23(7-4-22,8-5-22)21-32-20(36-33-21)17-2-1-14(11-30-17)24(27,28)29;/h1-2,9-11,34H,3-8,12H2,(H,31,35);1H3. The highest BCUT2D eigenvalue weighted by molar-refractivity contribution is 5.94. The summed E-state index contributed by atoms with van der Waals surface area (Å²) in [6.07, 6.45) is 0.690. The normalized spacial score (nSPS) is 22.9. The molecule has 3 aliphatic rings. The summed E-state index contributed by atoms with van der Waals surface area (Å²) in [5, 5.41) is 16.1. The van der Waals surface area contributed by atoms with E-state index in [2.05, 4.69) is 20.4 Å². The van der Waals surface area contributed by atoms with Crippen LogP contribution in [0.3, 0.4) is 0 Å². The van der Waals surface area contributed by atoms with E-state index >= 15 is 0 Å². The summed E-state index contributed by atoms with van der Waals surface area (Å²) >= 11 is 0. The average molecular weight is 525 g/mol. The molecule has 1 aromatic carbocycles. The maximum Gasteiger partial charge on any atom is 0.417 e. The van der Waals surface area contributed by atoms with Crippen molar-refractivity contribution in [1.29, 1.82) is 0 Å². The number of hydrogen-bond acceptors (Lipinski definition) is 7. The van der Waals surface area contributed by atoms with Crippen molar-refractivity contribution in [2.45, 2.75) is 50.1 Å². The van der Waals surface area contributed by atoms with Gasteiger partial charge in [-0.05, 0) is 68.2 Å². The molecule has 3 fully saturated rings. The van der Waals surface area contributed by atoms with Crippen molar-refractivity contribution in [3.05, 3.63) is 59.0 Å². The number of halogens is 5. The third-order valence-corrected chi connectivity index (χ3v) is 7.51. The van der Waals surface area contributed by atoms with Gasteiger partial charge in [-0.1, -0.05) is 5.16 Å². The topological polar surface area (TPSA) is 136 Å². The summed E-state index contributed by atoms with van der Waals surface area (Å²) in [6, 6.07) is 3.68. The first-order chi connectivity index (χ1) is 17.0. The molecule has 3 aliphatic carbocycles. The van der Waals surface area contributed by atoms with Gasteiger partial charge in [0, 0.05) is 23.7 Å². The maximum absolute atomic E-state index is 13.6. The van der Waals surface area contributed by atoms with Gasteiger partial charge in [0.25, 0.3) is 11.8 Å². The molecule has 0 saturated heterocycles. The van der Waals surface area contributed by atoms with E-state index in [1.54, 1.807) is 0 Å². The van der Waals surface area contributed by atoms with E-state index in [0.29, 0.717) is 12.4 Å². The number of benzene rings is 1. The maximum atomic E-state index is 13.6. The molecule has 0 radical (unpaired) electrons. The van der Waals surface area contributed by atoms with Gasteiger partial charge in [-0.3, -0.25) is 9.78 Å². The van der Waals surface area contributed by atoms with Crippen molar-refractivity contribution in [2.75, 3.05) is 6.54 Å². The number of aromatic nitrogens is 3. The first-order valence-corrected chi connectivity index (χ1v) is 11.3. The number of aromatic hydroxyl groups is 1. The molecule has 0 unspecified atom stereocenters. The summed E-state index contributed by atoms with van der Waals surface area (Å²) in [5.74, 6) is -3.62. The Balaban J connectivity index is 0.00000320. The number of rotatable bonds is 5. The van der Waals surface area contributed by atoms with E-state index in [0.717, 1.165) is 62.9 Å². The zero-order valence-electron chi connectivity index (χ0n) is 19.5. The van der Waals surface area contributed by atoms with Crippen LogP contribution in [0.2, 0.25) is 0 Å². The summed E-state index contributed by atoms with van der Waals surface area (Å²) in [5.41, 5.74) is -1.43. The fraction of sp³-hybridized carbons (Fsp3) is 0.417. The number of hydrogen-bond donors (Lipinski definition) is 3. The van der Waals surface area contributed by atoms with Crippen molar-refractivity contribution in [2.24, 2.45) is 5.41 Å². The van der Waals surface area contributed by atoms with Gasteiger partial charge in [-0.15, -0.1) is 0 Å². The van der Waals surface area contributed by atoms with Crippen LogP contribution in [-0.4, -0.2) is 32.7 Å². The lowest BCUT2D eigenvalue weighted by Gasteiger charge is -2.52. The molecule has 37 heavy (non-hydrogen) atoms. The number of fused-ring (bicyclic) bond motifs is 3. The Hall–Kier alpha value is -3.61. The fourth-order valence-corrected chi connectivity index (χ4v) is 5.16. The molecule has 2 heterocycles. The predicted octanol–water partition coefficient (Wildman–Crippen LogP) is 5.32. The number of nitrogens with one attached hydrogen (secondary N) is 1.